The maximum Gasteiger partial charge on any atom is 0.277 e. The van der Waals surface area contributed by atoms with Gasteiger partial charge in [0.2, 0.25) is 21.8 Å². The number of thiophene rings is 1. The maximum absolute atomic E-state index is 13.0. The van der Waals surface area contributed by atoms with Crippen LogP contribution in [-0.2, 0) is 15.8 Å². The zero-order chi connectivity index (χ0) is 22.0. The molecule has 5 rings (SSSR count). The topological polar surface area (TPSA) is 115 Å². The molecule has 1 fully saturated rings. The molecule has 0 N–H and O–H groups in total. The van der Waals surface area contributed by atoms with Crippen LogP contribution in [0.3, 0.4) is 0 Å². The van der Waals surface area contributed by atoms with E-state index < -0.39 is 10.0 Å². The molecule has 0 spiro atoms. The van der Waals surface area contributed by atoms with E-state index in [1.165, 1.54) is 23.1 Å². The van der Waals surface area contributed by atoms with Gasteiger partial charge in [-0.05, 0) is 42.5 Å². The van der Waals surface area contributed by atoms with Crippen molar-refractivity contribution in [3.63, 3.8) is 0 Å². The van der Waals surface area contributed by atoms with Gasteiger partial charge >= 0.3 is 0 Å². The number of piperidine rings is 1. The first kappa shape index (κ1) is 21.3. The van der Waals surface area contributed by atoms with Gasteiger partial charge in [-0.2, -0.15) is 4.31 Å². The van der Waals surface area contributed by atoms with E-state index >= 15 is 0 Å². The van der Waals surface area contributed by atoms with E-state index in [4.69, 9.17) is 8.83 Å². The predicted molar refractivity (Wildman–Crippen MR) is 120 cm³/mol. The smallest absolute Gasteiger partial charge is 0.277 e. The second-order valence-electron chi connectivity index (χ2n) is 7.13. The van der Waals surface area contributed by atoms with E-state index in [1.54, 1.807) is 28.6 Å². The molecule has 0 bridgehead atoms. The van der Waals surface area contributed by atoms with Crippen molar-refractivity contribution >= 4 is 33.1 Å². The number of hydrogen-bond acceptors (Lipinski definition) is 10. The number of rotatable bonds is 7. The Morgan fingerprint density at radius 3 is 2.62 bits per heavy atom. The molecule has 1 aliphatic rings. The predicted octanol–water partition coefficient (Wildman–Crippen LogP) is 4.32. The number of thioether (sulfide) groups is 1. The van der Waals surface area contributed by atoms with Crippen LogP contribution in [0.25, 0.3) is 22.2 Å². The van der Waals surface area contributed by atoms with E-state index in [9.17, 15) is 8.42 Å². The van der Waals surface area contributed by atoms with Crippen LogP contribution in [0.15, 0.2) is 60.7 Å². The summed E-state index contributed by atoms with van der Waals surface area (Å²) in [6, 6.07) is 10.5. The summed E-state index contributed by atoms with van der Waals surface area (Å²) in [5, 5.41) is 18.5. The third-order valence-electron chi connectivity index (χ3n) is 4.96. The highest BCUT2D eigenvalue weighted by Gasteiger charge is 2.26. The zero-order valence-electron chi connectivity index (χ0n) is 16.9. The number of benzene rings is 1. The van der Waals surface area contributed by atoms with E-state index in [1.807, 2.05) is 17.5 Å². The summed E-state index contributed by atoms with van der Waals surface area (Å²) in [7, 11) is -3.54. The van der Waals surface area contributed by atoms with Gasteiger partial charge in [-0.1, -0.05) is 30.3 Å². The Hall–Kier alpha value is -2.54. The molecule has 1 aliphatic heterocycles. The highest BCUT2D eigenvalue weighted by Crippen LogP contribution is 2.29. The molecule has 12 heteroatoms. The molecule has 0 amide bonds. The van der Waals surface area contributed by atoms with Crippen molar-refractivity contribution in [2.24, 2.45) is 0 Å². The number of sulfonamides is 1. The lowest BCUT2D eigenvalue weighted by atomic mass is 10.2. The second-order valence-corrected chi connectivity index (χ2v) is 10.9. The van der Waals surface area contributed by atoms with Gasteiger partial charge < -0.3 is 8.83 Å². The van der Waals surface area contributed by atoms with Crippen molar-refractivity contribution in [1.82, 2.24) is 24.7 Å². The maximum atomic E-state index is 13.0. The molecule has 166 valence electrons. The number of aromatic nitrogens is 4. The normalized spacial score (nSPS) is 15.2. The SMILES string of the molecule is O=S(=O)(c1cccc(-c2nnc(SCc3nnc(-c4cccs4)o3)o2)c1)N1CCCCC1. The van der Waals surface area contributed by atoms with Gasteiger partial charge in [0, 0.05) is 18.7 Å². The van der Waals surface area contributed by atoms with Gasteiger partial charge in [-0.25, -0.2) is 8.42 Å². The number of hydrogen-bond donors (Lipinski definition) is 0. The first-order valence-electron chi connectivity index (χ1n) is 10.0. The molecule has 0 aliphatic carbocycles. The summed E-state index contributed by atoms with van der Waals surface area (Å²) >= 11 is 2.80. The van der Waals surface area contributed by atoms with Crippen LogP contribution >= 0.6 is 23.1 Å². The fourth-order valence-electron chi connectivity index (χ4n) is 3.36. The van der Waals surface area contributed by atoms with Gasteiger partial charge in [0.25, 0.3) is 11.1 Å². The minimum atomic E-state index is -3.54. The van der Waals surface area contributed by atoms with Crippen molar-refractivity contribution < 1.29 is 17.3 Å². The van der Waals surface area contributed by atoms with Crippen molar-refractivity contribution in [1.29, 1.82) is 0 Å². The minimum Gasteiger partial charge on any atom is -0.419 e. The molecule has 4 heterocycles. The van der Waals surface area contributed by atoms with Crippen molar-refractivity contribution in [2.45, 2.75) is 35.1 Å². The molecule has 32 heavy (non-hydrogen) atoms. The Balaban J connectivity index is 1.28. The average Bonchev–Trinajstić information content (AvgIpc) is 3.60. The van der Waals surface area contributed by atoms with Crippen LogP contribution in [0, 0.1) is 0 Å². The molecule has 3 aromatic heterocycles. The van der Waals surface area contributed by atoms with Crippen molar-refractivity contribution in [2.75, 3.05) is 13.1 Å². The first-order chi connectivity index (χ1) is 15.6. The molecule has 4 aromatic rings. The Morgan fingerprint density at radius 2 is 1.81 bits per heavy atom. The third-order valence-corrected chi connectivity index (χ3v) is 8.51. The quantitative estimate of drug-likeness (QED) is 0.350. The van der Waals surface area contributed by atoms with Crippen LogP contribution < -0.4 is 0 Å². The van der Waals surface area contributed by atoms with E-state index in [2.05, 4.69) is 20.4 Å². The molecule has 0 atom stereocenters. The molecule has 1 aromatic carbocycles. The first-order valence-corrected chi connectivity index (χ1v) is 13.3. The summed E-state index contributed by atoms with van der Waals surface area (Å²) in [5.74, 6) is 1.57. The van der Waals surface area contributed by atoms with Crippen molar-refractivity contribution in [3.8, 4) is 22.2 Å². The fraction of sp³-hybridized carbons (Fsp3) is 0.300. The largest absolute Gasteiger partial charge is 0.419 e. The summed E-state index contributed by atoms with van der Waals surface area (Å²) in [6.07, 6.45) is 2.84. The van der Waals surface area contributed by atoms with Gasteiger partial charge in [0.15, 0.2) is 0 Å². The molecule has 0 saturated carbocycles. The monoisotopic (exact) mass is 489 g/mol. The Kier molecular flexibility index (Phi) is 6.09. The highest BCUT2D eigenvalue weighted by molar-refractivity contribution is 7.98. The standard InChI is InChI=1S/C20H19N5O4S3/c26-32(27,25-9-2-1-3-10-25)15-7-4-6-14(12-15)18-22-24-20(29-18)31-13-17-21-23-19(28-17)16-8-5-11-30-16/h4-8,11-12H,1-3,9-10,13H2. The van der Waals surface area contributed by atoms with Crippen LogP contribution in [0.2, 0.25) is 0 Å². The van der Waals surface area contributed by atoms with Crippen LogP contribution in [0.4, 0.5) is 0 Å². The molecule has 9 nitrogen and oxygen atoms in total. The number of nitrogens with zero attached hydrogens (tertiary/aromatic N) is 5. The Labute approximate surface area is 192 Å². The van der Waals surface area contributed by atoms with Gasteiger partial charge in [-0.3, -0.25) is 0 Å². The molecule has 1 saturated heterocycles. The molecular weight excluding hydrogens is 470 g/mol. The minimum absolute atomic E-state index is 0.233. The van der Waals surface area contributed by atoms with Crippen LogP contribution in [0.5, 0.6) is 0 Å². The van der Waals surface area contributed by atoms with Gasteiger partial charge in [0.05, 0.1) is 15.5 Å². The third kappa shape index (κ3) is 4.49. The van der Waals surface area contributed by atoms with E-state index in [0.717, 1.165) is 24.1 Å². The summed E-state index contributed by atoms with van der Waals surface area (Å²) in [6.45, 7) is 1.11. The molecule has 0 unspecified atom stereocenters. The fourth-order valence-corrected chi connectivity index (χ4v) is 6.17. The molecular formula is C20H19N5O4S3. The van der Waals surface area contributed by atoms with Crippen molar-refractivity contribution in [3.05, 3.63) is 47.7 Å². The molecule has 0 radical (unpaired) electrons. The lowest BCUT2D eigenvalue weighted by Crippen LogP contribution is -2.35. The van der Waals surface area contributed by atoms with Crippen LogP contribution in [0.1, 0.15) is 25.2 Å². The highest BCUT2D eigenvalue weighted by atomic mass is 32.2. The summed E-state index contributed by atoms with van der Waals surface area (Å²) in [4.78, 5) is 1.14. The van der Waals surface area contributed by atoms with E-state index in [-0.39, 0.29) is 10.8 Å². The van der Waals surface area contributed by atoms with Gasteiger partial charge in [0.1, 0.15) is 0 Å². The van der Waals surface area contributed by atoms with E-state index in [0.29, 0.717) is 41.4 Å². The lowest BCUT2D eigenvalue weighted by molar-refractivity contribution is 0.346. The Morgan fingerprint density at radius 1 is 0.969 bits per heavy atom. The lowest BCUT2D eigenvalue weighted by Gasteiger charge is -2.25. The zero-order valence-corrected chi connectivity index (χ0v) is 19.3. The average molecular weight is 490 g/mol. The van der Waals surface area contributed by atoms with Gasteiger partial charge in [-0.15, -0.1) is 31.7 Å². The Bertz CT molecular complexity index is 1290. The second kappa shape index (κ2) is 9.14. The summed E-state index contributed by atoms with van der Waals surface area (Å²) < 4.78 is 38.8. The van der Waals surface area contributed by atoms with Crippen LogP contribution in [-0.4, -0.2) is 46.2 Å². The summed E-state index contributed by atoms with van der Waals surface area (Å²) in [5.41, 5.74) is 0.556.